The summed E-state index contributed by atoms with van der Waals surface area (Å²) in [4.78, 5) is 12.3. The van der Waals surface area contributed by atoms with E-state index in [1.54, 1.807) is 16.8 Å². The van der Waals surface area contributed by atoms with Gasteiger partial charge in [-0.15, -0.1) is 0 Å². The van der Waals surface area contributed by atoms with Crippen LogP contribution in [0.5, 0.6) is 0 Å². The van der Waals surface area contributed by atoms with E-state index >= 15 is 0 Å². The quantitative estimate of drug-likeness (QED) is 0.665. The van der Waals surface area contributed by atoms with E-state index in [1.807, 2.05) is 25.1 Å². The Bertz CT molecular complexity index is 982. The van der Waals surface area contributed by atoms with Crippen LogP contribution < -0.4 is 5.32 Å². The Morgan fingerprint density at radius 2 is 1.89 bits per heavy atom. The summed E-state index contributed by atoms with van der Waals surface area (Å²) in [5.41, 5.74) is 0.661. The highest BCUT2D eigenvalue weighted by atomic mass is 35.5. The fourth-order valence-electron chi connectivity index (χ4n) is 2.54. The van der Waals surface area contributed by atoms with Gasteiger partial charge in [0, 0.05) is 22.3 Å². The van der Waals surface area contributed by atoms with Gasteiger partial charge in [0.1, 0.15) is 0 Å². The SMILES string of the molecule is Cc1cc(NC(=O)c2cccc(C(F)(F)F)c2)nn1Cc1ccccc1Cl. The number of rotatable bonds is 4. The summed E-state index contributed by atoms with van der Waals surface area (Å²) in [5, 5.41) is 7.41. The molecule has 8 heteroatoms. The Morgan fingerprint density at radius 1 is 1.15 bits per heavy atom. The van der Waals surface area contributed by atoms with Gasteiger partial charge in [0.25, 0.3) is 5.91 Å². The molecule has 0 aliphatic heterocycles. The molecule has 0 radical (unpaired) electrons. The third-order valence-electron chi connectivity index (χ3n) is 3.95. The number of carbonyl (C=O) groups excluding carboxylic acids is 1. The number of nitrogens with one attached hydrogen (secondary N) is 1. The molecule has 0 fully saturated rings. The van der Waals surface area contributed by atoms with E-state index in [9.17, 15) is 18.0 Å². The van der Waals surface area contributed by atoms with Gasteiger partial charge in [-0.25, -0.2) is 0 Å². The van der Waals surface area contributed by atoms with Crippen molar-refractivity contribution in [3.8, 4) is 0 Å². The molecule has 0 bridgehead atoms. The molecule has 1 aromatic heterocycles. The summed E-state index contributed by atoms with van der Waals surface area (Å²) in [5.74, 6) is -0.412. The van der Waals surface area contributed by atoms with Gasteiger partial charge in [-0.3, -0.25) is 9.48 Å². The highest BCUT2D eigenvalue weighted by Gasteiger charge is 2.30. The molecule has 0 saturated heterocycles. The van der Waals surface area contributed by atoms with Crippen LogP contribution in [0.1, 0.15) is 27.2 Å². The number of hydrogen-bond acceptors (Lipinski definition) is 2. The minimum atomic E-state index is -4.51. The molecular formula is C19H15ClF3N3O. The zero-order chi connectivity index (χ0) is 19.6. The van der Waals surface area contributed by atoms with E-state index in [0.717, 1.165) is 23.4 Å². The maximum Gasteiger partial charge on any atom is 0.416 e. The number of benzene rings is 2. The molecule has 0 aliphatic rings. The van der Waals surface area contributed by atoms with Gasteiger partial charge in [0.05, 0.1) is 12.1 Å². The summed E-state index contributed by atoms with van der Waals surface area (Å²) in [6.07, 6.45) is -4.51. The fourth-order valence-corrected chi connectivity index (χ4v) is 2.74. The van der Waals surface area contributed by atoms with Crippen molar-refractivity contribution in [2.24, 2.45) is 0 Å². The second-order valence-electron chi connectivity index (χ2n) is 5.95. The minimum Gasteiger partial charge on any atom is -0.305 e. The summed E-state index contributed by atoms with van der Waals surface area (Å²) in [6.45, 7) is 2.22. The minimum absolute atomic E-state index is 0.0943. The molecule has 3 aromatic rings. The third-order valence-corrected chi connectivity index (χ3v) is 4.32. The van der Waals surface area contributed by atoms with Gasteiger partial charge in [0.15, 0.2) is 5.82 Å². The Morgan fingerprint density at radius 3 is 2.59 bits per heavy atom. The molecule has 1 amide bonds. The predicted molar refractivity (Wildman–Crippen MR) is 96.9 cm³/mol. The first kappa shape index (κ1) is 19.0. The molecule has 140 valence electrons. The van der Waals surface area contributed by atoms with Crippen molar-refractivity contribution in [2.45, 2.75) is 19.6 Å². The Kier molecular flexibility index (Phi) is 5.23. The molecule has 0 aliphatic carbocycles. The van der Waals surface area contributed by atoms with Crippen LogP contribution in [0.4, 0.5) is 19.0 Å². The number of hydrogen-bond donors (Lipinski definition) is 1. The number of aryl methyl sites for hydroxylation is 1. The van der Waals surface area contributed by atoms with E-state index < -0.39 is 17.6 Å². The van der Waals surface area contributed by atoms with Gasteiger partial charge in [-0.2, -0.15) is 18.3 Å². The lowest BCUT2D eigenvalue weighted by Crippen LogP contribution is -2.14. The molecule has 0 saturated carbocycles. The summed E-state index contributed by atoms with van der Waals surface area (Å²) >= 11 is 6.15. The van der Waals surface area contributed by atoms with Crippen LogP contribution in [0.25, 0.3) is 0 Å². The number of carbonyl (C=O) groups is 1. The molecule has 1 heterocycles. The summed E-state index contributed by atoms with van der Waals surface area (Å²) in [7, 11) is 0. The smallest absolute Gasteiger partial charge is 0.305 e. The molecule has 0 unspecified atom stereocenters. The van der Waals surface area contributed by atoms with E-state index in [-0.39, 0.29) is 11.4 Å². The van der Waals surface area contributed by atoms with Crippen LogP contribution >= 0.6 is 11.6 Å². The number of anilines is 1. The summed E-state index contributed by atoms with van der Waals surface area (Å²) < 4.78 is 40.0. The van der Waals surface area contributed by atoms with Crippen molar-refractivity contribution in [1.29, 1.82) is 0 Å². The van der Waals surface area contributed by atoms with Crippen LogP contribution in [0.2, 0.25) is 5.02 Å². The maximum absolute atomic E-state index is 12.8. The number of amides is 1. The Balaban J connectivity index is 1.77. The zero-order valence-corrected chi connectivity index (χ0v) is 15.0. The standard InChI is InChI=1S/C19H15ClF3N3O/c1-12-9-17(25-26(12)11-14-5-2-3-8-16(14)20)24-18(27)13-6-4-7-15(10-13)19(21,22)23/h2-10H,11H2,1H3,(H,24,25,27). The predicted octanol–water partition coefficient (Wildman–Crippen LogP) is 5.16. The molecule has 3 rings (SSSR count). The number of alkyl halides is 3. The van der Waals surface area contributed by atoms with Crippen molar-refractivity contribution in [3.63, 3.8) is 0 Å². The molecule has 1 N–H and O–H groups in total. The molecule has 4 nitrogen and oxygen atoms in total. The maximum atomic E-state index is 12.8. The first-order valence-corrected chi connectivity index (χ1v) is 8.38. The number of nitrogens with zero attached hydrogens (tertiary/aromatic N) is 2. The monoisotopic (exact) mass is 393 g/mol. The van der Waals surface area contributed by atoms with Gasteiger partial charge in [-0.05, 0) is 36.8 Å². The van der Waals surface area contributed by atoms with Crippen LogP contribution in [-0.2, 0) is 12.7 Å². The van der Waals surface area contributed by atoms with Crippen molar-refractivity contribution in [1.82, 2.24) is 9.78 Å². The van der Waals surface area contributed by atoms with Crippen LogP contribution in [-0.4, -0.2) is 15.7 Å². The number of halogens is 4. The van der Waals surface area contributed by atoms with Gasteiger partial charge < -0.3 is 5.32 Å². The lowest BCUT2D eigenvalue weighted by Gasteiger charge is -2.08. The average Bonchev–Trinajstić information content (AvgIpc) is 2.95. The van der Waals surface area contributed by atoms with Crippen molar-refractivity contribution in [3.05, 3.63) is 82.0 Å². The first-order chi connectivity index (χ1) is 12.7. The molecule has 27 heavy (non-hydrogen) atoms. The Hall–Kier alpha value is -2.80. The molecule has 0 spiro atoms. The van der Waals surface area contributed by atoms with E-state index in [4.69, 9.17) is 11.6 Å². The van der Waals surface area contributed by atoms with Crippen molar-refractivity contribution in [2.75, 3.05) is 5.32 Å². The largest absolute Gasteiger partial charge is 0.416 e. The van der Waals surface area contributed by atoms with Gasteiger partial charge in [-0.1, -0.05) is 35.9 Å². The summed E-state index contributed by atoms with van der Waals surface area (Å²) in [6, 6.07) is 13.2. The van der Waals surface area contributed by atoms with Gasteiger partial charge in [0.2, 0.25) is 0 Å². The molecule has 0 atom stereocenters. The van der Waals surface area contributed by atoms with E-state index in [0.29, 0.717) is 11.6 Å². The third kappa shape index (κ3) is 4.49. The second kappa shape index (κ2) is 7.44. The number of aromatic nitrogens is 2. The van der Waals surface area contributed by atoms with E-state index in [1.165, 1.54) is 12.1 Å². The lowest BCUT2D eigenvalue weighted by atomic mass is 10.1. The average molecular weight is 394 g/mol. The Labute approximate surface area is 158 Å². The second-order valence-corrected chi connectivity index (χ2v) is 6.36. The highest BCUT2D eigenvalue weighted by Crippen LogP contribution is 2.29. The van der Waals surface area contributed by atoms with Crippen LogP contribution in [0.3, 0.4) is 0 Å². The van der Waals surface area contributed by atoms with Gasteiger partial charge >= 0.3 is 6.18 Å². The molecular weight excluding hydrogens is 379 g/mol. The van der Waals surface area contributed by atoms with Crippen molar-refractivity contribution >= 4 is 23.3 Å². The normalized spacial score (nSPS) is 11.4. The fraction of sp³-hybridized carbons (Fsp3) is 0.158. The van der Waals surface area contributed by atoms with Crippen molar-refractivity contribution < 1.29 is 18.0 Å². The topological polar surface area (TPSA) is 46.9 Å². The first-order valence-electron chi connectivity index (χ1n) is 8.00. The van der Waals surface area contributed by atoms with Crippen LogP contribution in [0.15, 0.2) is 54.6 Å². The molecule has 2 aromatic carbocycles. The zero-order valence-electron chi connectivity index (χ0n) is 14.2. The van der Waals surface area contributed by atoms with E-state index in [2.05, 4.69) is 10.4 Å². The highest BCUT2D eigenvalue weighted by molar-refractivity contribution is 6.31. The van der Waals surface area contributed by atoms with Crippen LogP contribution in [0, 0.1) is 6.92 Å². The lowest BCUT2D eigenvalue weighted by molar-refractivity contribution is -0.137.